The van der Waals surface area contributed by atoms with Crippen LogP contribution in [-0.2, 0) is 29.7 Å². The van der Waals surface area contributed by atoms with Gasteiger partial charge in [0, 0.05) is 25.2 Å². The number of anilines is 1. The largest absolute Gasteiger partial charge is 0.492 e. The number of rotatable bonds is 7. The van der Waals surface area contributed by atoms with Crippen LogP contribution >= 0.6 is 0 Å². The van der Waals surface area contributed by atoms with E-state index >= 15 is 0 Å². The van der Waals surface area contributed by atoms with Gasteiger partial charge in [-0.15, -0.1) is 0 Å². The van der Waals surface area contributed by atoms with E-state index in [0.29, 0.717) is 24.5 Å². The molecular weight excluding hydrogens is 585 g/mol. The van der Waals surface area contributed by atoms with E-state index in [2.05, 4.69) is 31.7 Å². The average molecular weight is 615 g/mol. The van der Waals surface area contributed by atoms with Crippen molar-refractivity contribution in [3.8, 4) is 28.6 Å². The van der Waals surface area contributed by atoms with E-state index in [1.54, 1.807) is 24.3 Å². The number of sulfonamides is 1. The Bertz CT molecular complexity index is 1750. The Morgan fingerprint density at radius 3 is 2.47 bits per heavy atom. The quantitative estimate of drug-likeness (QED) is 0.301. The minimum Gasteiger partial charge on any atom is -0.492 e. The number of hydrogen-bond acceptors (Lipinski definition) is 8. The van der Waals surface area contributed by atoms with Crippen molar-refractivity contribution in [2.24, 2.45) is 7.05 Å². The molecule has 10 nitrogen and oxygen atoms in total. The molecule has 0 spiro atoms. The van der Waals surface area contributed by atoms with Crippen molar-refractivity contribution in [1.29, 1.82) is 0 Å². The molecule has 0 unspecified atom stereocenters. The Kier molecular flexibility index (Phi) is 7.50. The molecule has 2 aliphatic heterocycles. The molecule has 0 bridgehead atoms. The van der Waals surface area contributed by atoms with Crippen LogP contribution in [0.25, 0.3) is 11.3 Å². The summed E-state index contributed by atoms with van der Waals surface area (Å²) in [5, 5.41) is 3.86. The average Bonchev–Trinajstić information content (AvgIpc) is 3.62. The maximum Gasteiger partial charge on any atom is 0.423 e. The predicted octanol–water partition coefficient (Wildman–Crippen LogP) is 5.23. The van der Waals surface area contributed by atoms with Gasteiger partial charge in [-0.3, -0.25) is 4.68 Å². The molecule has 2 aromatic heterocycles. The van der Waals surface area contributed by atoms with Crippen molar-refractivity contribution in [1.82, 2.24) is 24.6 Å². The summed E-state index contributed by atoms with van der Waals surface area (Å²) in [4.78, 5) is 10.1. The third kappa shape index (κ3) is 6.02. The Balaban J connectivity index is 1.44. The fourth-order valence-electron chi connectivity index (χ4n) is 5.39. The van der Waals surface area contributed by atoms with Crippen LogP contribution in [0.15, 0.2) is 59.8 Å². The Morgan fingerprint density at radius 1 is 1.05 bits per heavy atom. The number of fused-ring (bicyclic) bond motifs is 1. The SMILES string of the molecule is CN1CCC(c2ccc(Oc3nc(NS(=O)(=O)c4cnn(C)c4)nc(-c4cccc5c4OCC5)c3C(F)(F)F)cc2)CC1. The first-order chi connectivity index (χ1) is 20.5. The van der Waals surface area contributed by atoms with Gasteiger partial charge in [0.15, 0.2) is 0 Å². The number of hydrogen-bond donors (Lipinski definition) is 1. The molecule has 14 heteroatoms. The van der Waals surface area contributed by atoms with Crippen LogP contribution in [-0.4, -0.2) is 59.8 Å². The van der Waals surface area contributed by atoms with Crippen LogP contribution in [0.3, 0.4) is 0 Å². The lowest BCUT2D eigenvalue weighted by molar-refractivity contribution is -0.138. The molecule has 0 amide bonds. The minimum absolute atomic E-state index is 0.0500. The van der Waals surface area contributed by atoms with E-state index in [9.17, 15) is 21.6 Å². The summed E-state index contributed by atoms with van der Waals surface area (Å²) in [6, 6.07) is 11.7. The van der Waals surface area contributed by atoms with Crippen molar-refractivity contribution >= 4 is 16.0 Å². The number of piperidine rings is 1. The normalized spacial score (nSPS) is 16.1. The number of aromatic nitrogens is 4. The fraction of sp³-hybridized carbons (Fsp3) is 0.345. The molecule has 0 atom stereocenters. The molecule has 0 saturated carbocycles. The molecule has 4 aromatic rings. The molecule has 2 aliphatic rings. The number of nitrogens with one attached hydrogen (secondary N) is 1. The van der Waals surface area contributed by atoms with E-state index in [4.69, 9.17) is 9.47 Å². The number of benzene rings is 2. The maximum atomic E-state index is 14.8. The second-order valence-electron chi connectivity index (χ2n) is 10.7. The van der Waals surface area contributed by atoms with Gasteiger partial charge in [-0.1, -0.05) is 24.3 Å². The molecule has 43 heavy (non-hydrogen) atoms. The predicted molar refractivity (Wildman–Crippen MR) is 152 cm³/mol. The van der Waals surface area contributed by atoms with Crippen molar-refractivity contribution in [3.05, 3.63) is 71.5 Å². The lowest BCUT2D eigenvalue weighted by atomic mass is 9.90. The van der Waals surface area contributed by atoms with E-state index < -0.39 is 39.3 Å². The second-order valence-corrected chi connectivity index (χ2v) is 12.4. The summed E-state index contributed by atoms with van der Waals surface area (Å²) in [5.41, 5.74) is 0.0210. The summed E-state index contributed by atoms with van der Waals surface area (Å²) in [6.07, 6.45) is -0.130. The van der Waals surface area contributed by atoms with Crippen LogP contribution in [0, 0.1) is 0 Å². The number of para-hydroxylation sites is 1. The van der Waals surface area contributed by atoms with Gasteiger partial charge in [-0.2, -0.15) is 23.3 Å². The van der Waals surface area contributed by atoms with E-state index in [-0.39, 0.29) is 22.0 Å². The number of ether oxygens (including phenoxy) is 2. The second kappa shape index (κ2) is 11.2. The zero-order valence-electron chi connectivity index (χ0n) is 23.4. The zero-order chi connectivity index (χ0) is 30.4. The summed E-state index contributed by atoms with van der Waals surface area (Å²) < 4.78 is 85.4. The van der Waals surface area contributed by atoms with Gasteiger partial charge in [-0.05, 0) is 68.2 Å². The molecule has 6 rings (SSSR count). The highest BCUT2D eigenvalue weighted by Gasteiger charge is 2.42. The van der Waals surface area contributed by atoms with E-state index in [1.165, 1.54) is 24.0 Å². The zero-order valence-corrected chi connectivity index (χ0v) is 24.2. The fourth-order valence-corrected chi connectivity index (χ4v) is 6.32. The molecule has 0 aliphatic carbocycles. The smallest absolute Gasteiger partial charge is 0.423 e. The number of aryl methyl sites for hydroxylation is 1. The minimum atomic E-state index is -4.96. The van der Waals surface area contributed by atoms with E-state index in [1.807, 2.05) is 12.1 Å². The van der Waals surface area contributed by atoms with Crippen molar-refractivity contribution in [2.45, 2.75) is 36.3 Å². The highest BCUT2D eigenvalue weighted by atomic mass is 32.2. The number of likely N-dealkylation sites (tertiary alicyclic amines) is 1. The van der Waals surface area contributed by atoms with Crippen LogP contribution < -0.4 is 14.2 Å². The van der Waals surface area contributed by atoms with Crippen LogP contribution in [0.2, 0.25) is 0 Å². The third-order valence-electron chi connectivity index (χ3n) is 7.63. The number of halogens is 3. The van der Waals surface area contributed by atoms with Crippen LogP contribution in [0.4, 0.5) is 19.1 Å². The van der Waals surface area contributed by atoms with Gasteiger partial charge < -0.3 is 14.4 Å². The highest BCUT2D eigenvalue weighted by molar-refractivity contribution is 7.92. The van der Waals surface area contributed by atoms with Crippen LogP contribution in [0.5, 0.6) is 17.4 Å². The molecule has 1 saturated heterocycles. The molecule has 1 N–H and O–H groups in total. The Morgan fingerprint density at radius 2 is 1.79 bits per heavy atom. The molecule has 226 valence electrons. The molecule has 4 heterocycles. The molecule has 1 fully saturated rings. The first kappa shape index (κ1) is 28.9. The maximum absolute atomic E-state index is 14.8. The monoisotopic (exact) mass is 614 g/mol. The van der Waals surface area contributed by atoms with Gasteiger partial charge >= 0.3 is 6.18 Å². The first-order valence-electron chi connectivity index (χ1n) is 13.7. The van der Waals surface area contributed by atoms with Gasteiger partial charge in [0.1, 0.15) is 22.0 Å². The number of nitrogens with zero attached hydrogens (tertiary/aromatic N) is 5. The molecule has 2 aromatic carbocycles. The first-order valence-corrected chi connectivity index (χ1v) is 15.2. The molecular formula is C29H29F3N6O4S. The summed E-state index contributed by atoms with van der Waals surface area (Å²) >= 11 is 0. The van der Waals surface area contributed by atoms with Crippen molar-refractivity contribution in [3.63, 3.8) is 0 Å². The van der Waals surface area contributed by atoms with Gasteiger partial charge in [0.05, 0.1) is 18.5 Å². The topological polar surface area (TPSA) is 111 Å². The summed E-state index contributed by atoms with van der Waals surface area (Å²) in [6.45, 7) is 2.23. The highest BCUT2D eigenvalue weighted by Crippen LogP contribution is 2.47. The van der Waals surface area contributed by atoms with Crippen LogP contribution in [0.1, 0.15) is 35.4 Å². The van der Waals surface area contributed by atoms with Gasteiger partial charge in [0.2, 0.25) is 11.8 Å². The summed E-state index contributed by atoms with van der Waals surface area (Å²) in [7, 11) is -0.688. The standard InChI is InChI=1S/C29H29F3N6O4S/c1-37-13-10-19(11-14-37)18-6-8-21(9-7-18)42-27-24(29(30,31)32)25(23-5-3-4-20-12-15-41-26(20)23)34-28(35-27)36-43(39,40)22-16-33-38(2)17-22/h3-9,16-17,19H,10-15H2,1-2H3,(H,34,35,36). The molecule has 0 radical (unpaired) electrons. The van der Waals surface area contributed by atoms with Crippen molar-refractivity contribution < 1.29 is 31.1 Å². The third-order valence-corrected chi connectivity index (χ3v) is 8.91. The Hall–Kier alpha value is -4.17. The van der Waals surface area contributed by atoms with Gasteiger partial charge in [0.25, 0.3) is 10.0 Å². The van der Waals surface area contributed by atoms with Crippen molar-refractivity contribution in [2.75, 3.05) is 31.5 Å². The summed E-state index contributed by atoms with van der Waals surface area (Å²) in [5.74, 6) is -0.733. The number of alkyl halides is 3. The van der Waals surface area contributed by atoms with Gasteiger partial charge in [-0.25, -0.2) is 18.1 Å². The lowest BCUT2D eigenvalue weighted by Gasteiger charge is -2.29. The lowest BCUT2D eigenvalue weighted by Crippen LogP contribution is -2.29. The van der Waals surface area contributed by atoms with E-state index in [0.717, 1.165) is 37.7 Å². The Labute approximate surface area is 246 Å².